The van der Waals surface area contributed by atoms with Gasteiger partial charge in [0.2, 0.25) is 0 Å². The first kappa shape index (κ1) is 12.4. The molecule has 0 atom stereocenters. The summed E-state index contributed by atoms with van der Waals surface area (Å²) in [5.41, 5.74) is 1.14. The number of carbonyl (C=O) groups is 1. The molecular formula is C13H13NO3S. The SMILES string of the molecule is CN(Cc1ccsc1)C(=O)c1cccc(O)c1O. The van der Waals surface area contributed by atoms with Gasteiger partial charge in [0.05, 0.1) is 5.56 Å². The van der Waals surface area contributed by atoms with Crippen LogP contribution in [-0.2, 0) is 6.54 Å². The highest BCUT2D eigenvalue weighted by atomic mass is 32.1. The van der Waals surface area contributed by atoms with Gasteiger partial charge in [-0.1, -0.05) is 6.07 Å². The first-order valence-corrected chi connectivity index (χ1v) is 6.31. The lowest BCUT2D eigenvalue weighted by molar-refractivity contribution is 0.0781. The molecule has 4 nitrogen and oxygen atoms in total. The molecule has 0 unspecified atom stereocenters. The minimum atomic E-state index is -0.375. The smallest absolute Gasteiger partial charge is 0.257 e. The highest BCUT2D eigenvalue weighted by molar-refractivity contribution is 7.07. The van der Waals surface area contributed by atoms with Crippen LogP contribution in [0.3, 0.4) is 0 Å². The van der Waals surface area contributed by atoms with E-state index in [1.54, 1.807) is 18.4 Å². The molecule has 0 aliphatic heterocycles. The van der Waals surface area contributed by atoms with E-state index in [0.717, 1.165) is 5.56 Å². The first-order valence-electron chi connectivity index (χ1n) is 5.37. The van der Waals surface area contributed by atoms with Gasteiger partial charge in [-0.2, -0.15) is 11.3 Å². The van der Waals surface area contributed by atoms with Gasteiger partial charge < -0.3 is 15.1 Å². The Morgan fingerprint density at radius 3 is 2.78 bits per heavy atom. The van der Waals surface area contributed by atoms with Gasteiger partial charge in [-0.3, -0.25) is 4.79 Å². The summed E-state index contributed by atoms with van der Waals surface area (Å²) in [6, 6.07) is 6.30. The van der Waals surface area contributed by atoms with Crippen LogP contribution in [0.15, 0.2) is 35.0 Å². The van der Waals surface area contributed by atoms with Crippen LogP contribution in [-0.4, -0.2) is 28.1 Å². The van der Waals surface area contributed by atoms with E-state index in [9.17, 15) is 15.0 Å². The van der Waals surface area contributed by atoms with Crippen molar-refractivity contribution in [1.29, 1.82) is 0 Å². The van der Waals surface area contributed by atoms with Crippen molar-refractivity contribution in [2.75, 3.05) is 7.05 Å². The molecule has 2 aromatic rings. The lowest BCUT2D eigenvalue weighted by Crippen LogP contribution is -2.26. The predicted molar refractivity (Wildman–Crippen MR) is 69.9 cm³/mol. The van der Waals surface area contributed by atoms with Crippen molar-refractivity contribution in [3.63, 3.8) is 0 Å². The zero-order valence-corrected chi connectivity index (χ0v) is 10.6. The molecular weight excluding hydrogens is 250 g/mol. The summed E-state index contributed by atoms with van der Waals surface area (Å²) in [5, 5.41) is 22.9. The molecule has 2 N–H and O–H groups in total. The Morgan fingerprint density at radius 1 is 1.33 bits per heavy atom. The van der Waals surface area contributed by atoms with Crippen molar-refractivity contribution in [1.82, 2.24) is 4.90 Å². The number of nitrogens with zero attached hydrogens (tertiary/aromatic N) is 1. The Morgan fingerprint density at radius 2 is 2.11 bits per heavy atom. The molecule has 0 aliphatic rings. The molecule has 0 bridgehead atoms. The number of amides is 1. The van der Waals surface area contributed by atoms with E-state index in [1.807, 2.05) is 16.8 Å². The summed E-state index contributed by atoms with van der Waals surface area (Å²) in [6.45, 7) is 0.470. The molecule has 0 saturated carbocycles. The monoisotopic (exact) mass is 263 g/mol. The van der Waals surface area contributed by atoms with E-state index in [1.165, 1.54) is 23.1 Å². The standard InChI is InChI=1S/C13H13NO3S/c1-14(7-9-5-6-18-8-9)13(17)10-3-2-4-11(15)12(10)16/h2-6,8,15-16H,7H2,1H3. The number of hydrogen-bond acceptors (Lipinski definition) is 4. The predicted octanol–water partition coefficient (Wildman–Crippen LogP) is 2.43. The van der Waals surface area contributed by atoms with Crippen molar-refractivity contribution >= 4 is 17.2 Å². The van der Waals surface area contributed by atoms with Gasteiger partial charge in [0, 0.05) is 13.6 Å². The number of benzene rings is 1. The van der Waals surface area contributed by atoms with Crippen molar-refractivity contribution in [2.24, 2.45) is 0 Å². The molecule has 5 heteroatoms. The number of carbonyl (C=O) groups excluding carboxylic acids is 1. The number of thiophene rings is 1. The number of para-hydroxylation sites is 1. The van der Waals surface area contributed by atoms with Crippen LogP contribution in [0.25, 0.3) is 0 Å². The number of rotatable bonds is 3. The van der Waals surface area contributed by atoms with E-state index in [0.29, 0.717) is 6.54 Å². The largest absolute Gasteiger partial charge is 0.504 e. The van der Waals surface area contributed by atoms with Crippen LogP contribution < -0.4 is 0 Å². The fraction of sp³-hybridized carbons (Fsp3) is 0.154. The minimum Gasteiger partial charge on any atom is -0.504 e. The van der Waals surface area contributed by atoms with Crippen LogP contribution in [0.4, 0.5) is 0 Å². The Labute approximate surface area is 109 Å². The van der Waals surface area contributed by atoms with Gasteiger partial charge in [-0.15, -0.1) is 0 Å². The summed E-state index contributed by atoms with van der Waals surface area (Å²) in [7, 11) is 1.66. The summed E-state index contributed by atoms with van der Waals surface area (Å²) in [6.07, 6.45) is 0. The maximum atomic E-state index is 12.1. The van der Waals surface area contributed by atoms with Gasteiger partial charge in [-0.05, 0) is 34.5 Å². The molecule has 0 spiro atoms. The lowest BCUT2D eigenvalue weighted by atomic mass is 10.1. The van der Waals surface area contributed by atoms with Crippen molar-refractivity contribution in [3.05, 3.63) is 46.2 Å². The second kappa shape index (κ2) is 5.10. The molecule has 0 saturated heterocycles. The highest BCUT2D eigenvalue weighted by Gasteiger charge is 2.17. The second-order valence-corrected chi connectivity index (χ2v) is 4.75. The Bertz CT molecular complexity index is 551. The molecule has 1 amide bonds. The van der Waals surface area contributed by atoms with Gasteiger partial charge in [0.1, 0.15) is 0 Å². The molecule has 0 fully saturated rings. The van der Waals surface area contributed by atoms with Gasteiger partial charge in [0.25, 0.3) is 5.91 Å². The van der Waals surface area contributed by atoms with Crippen LogP contribution >= 0.6 is 11.3 Å². The van der Waals surface area contributed by atoms with Gasteiger partial charge >= 0.3 is 0 Å². The molecule has 18 heavy (non-hydrogen) atoms. The molecule has 94 valence electrons. The second-order valence-electron chi connectivity index (χ2n) is 3.97. The maximum Gasteiger partial charge on any atom is 0.257 e. The average molecular weight is 263 g/mol. The summed E-state index contributed by atoms with van der Waals surface area (Å²) < 4.78 is 0. The third kappa shape index (κ3) is 2.46. The van der Waals surface area contributed by atoms with Crippen molar-refractivity contribution in [3.8, 4) is 11.5 Å². The summed E-state index contributed by atoms with van der Waals surface area (Å²) in [4.78, 5) is 13.6. The first-order chi connectivity index (χ1) is 8.59. The molecule has 1 aromatic heterocycles. The third-order valence-corrected chi connectivity index (χ3v) is 3.32. The number of phenolic OH excluding ortho intramolecular Hbond substituents is 2. The van der Waals surface area contributed by atoms with E-state index < -0.39 is 0 Å². The molecule has 1 aromatic carbocycles. The number of hydrogen-bond donors (Lipinski definition) is 2. The highest BCUT2D eigenvalue weighted by Crippen LogP contribution is 2.29. The average Bonchev–Trinajstić information content (AvgIpc) is 2.84. The van der Waals surface area contributed by atoms with E-state index in [-0.39, 0.29) is 23.0 Å². The Balaban J connectivity index is 2.18. The van der Waals surface area contributed by atoms with Crippen LogP contribution in [0.5, 0.6) is 11.5 Å². The van der Waals surface area contributed by atoms with E-state index >= 15 is 0 Å². The maximum absolute atomic E-state index is 12.1. The van der Waals surface area contributed by atoms with E-state index in [2.05, 4.69) is 0 Å². The topological polar surface area (TPSA) is 60.8 Å². The fourth-order valence-corrected chi connectivity index (χ4v) is 2.30. The quantitative estimate of drug-likeness (QED) is 0.836. The fourth-order valence-electron chi connectivity index (χ4n) is 1.64. The lowest BCUT2D eigenvalue weighted by Gasteiger charge is -2.17. The molecule has 0 radical (unpaired) electrons. The van der Waals surface area contributed by atoms with Gasteiger partial charge in [0.15, 0.2) is 11.5 Å². The zero-order chi connectivity index (χ0) is 13.1. The van der Waals surface area contributed by atoms with Crippen LogP contribution in [0, 0.1) is 0 Å². The van der Waals surface area contributed by atoms with Crippen LogP contribution in [0.1, 0.15) is 15.9 Å². The number of aromatic hydroxyl groups is 2. The molecule has 0 aliphatic carbocycles. The van der Waals surface area contributed by atoms with Crippen molar-refractivity contribution < 1.29 is 15.0 Å². The third-order valence-electron chi connectivity index (χ3n) is 2.59. The zero-order valence-electron chi connectivity index (χ0n) is 9.83. The Hall–Kier alpha value is -2.01. The molecule has 1 heterocycles. The van der Waals surface area contributed by atoms with Crippen LogP contribution in [0.2, 0.25) is 0 Å². The van der Waals surface area contributed by atoms with Gasteiger partial charge in [-0.25, -0.2) is 0 Å². The summed E-state index contributed by atoms with van der Waals surface area (Å²) >= 11 is 1.57. The number of phenols is 2. The normalized spacial score (nSPS) is 10.3. The minimum absolute atomic E-state index is 0.104. The Kier molecular flexibility index (Phi) is 3.53. The summed E-state index contributed by atoms with van der Waals surface area (Å²) in [5.74, 6) is -0.987. The van der Waals surface area contributed by atoms with Crippen molar-refractivity contribution in [2.45, 2.75) is 6.54 Å². The van der Waals surface area contributed by atoms with E-state index in [4.69, 9.17) is 0 Å². The molecule has 2 rings (SSSR count).